The molecule has 0 aromatic heterocycles. The van der Waals surface area contributed by atoms with Gasteiger partial charge in [-0.2, -0.15) is 0 Å². The number of hydrogen-bond acceptors (Lipinski definition) is 3. The van der Waals surface area contributed by atoms with Crippen LogP contribution in [0, 0.1) is 20.8 Å². The second kappa shape index (κ2) is 8.61. The molecule has 3 aromatic carbocycles. The Balaban J connectivity index is 1.80. The lowest BCUT2D eigenvalue weighted by Crippen LogP contribution is -2.16. The zero-order chi connectivity index (χ0) is 21.0. The molecule has 2 N–H and O–H groups in total. The molecule has 3 rings (SSSR count). The van der Waals surface area contributed by atoms with Gasteiger partial charge in [0.25, 0.3) is 11.8 Å². The van der Waals surface area contributed by atoms with E-state index in [0.29, 0.717) is 22.6 Å². The highest BCUT2D eigenvalue weighted by Crippen LogP contribution is 2.26. The van der Waals surface area contributed by atoms with Crippen molar-refractivity contribution in [1.82, 2.24) is 0 Å². The van der Waals surface area contributed by atoms with Gasteiger partial charge in [0.2, 0.25) is 0 Å². The summed E-state index contributed by atoms with van der Waals surface area (Å²) in [5.41, 5.74) is 5.26. The first-order valence-corrected chi connectivity index (χ1v) is 9.32. The maximum absolute atomic E-state index is 12.7. The van der Waals surface area contributed by atoms with Gasteiger partial charge < -0.3 is 15.4 Å². The molecule has 0 fully saturated rings. The summed E-state index contributed by atoms with van der Waals surface area (Å²) < 4.78 is 5.31. The molecule has 0 bridgehead atoms. The van der Waals surface area contributed by atoms with Crippen molar-refractivity contribution in [3.63, 3.8) is 0 Å². The van der Waals surface area contributed by atoms with Gasteiger partial charge >= 0.3 is 0 Å². The molecule has 0 atom stereocenters. The number of anilines is 2. The quantitative estimate of drug-likeness (QED) is 0.637. The number of carbonyl (C=O) groups is 2. The zero-order valence-corrected chi connectivity index (χ0v) is 17.0. The van der Waals surface area contributed by atoms with Gasteiger partial charge in [-0.25, -0.2) is 0 Å². The van der Waals surface area contributed by atoms with Gasteiger partial charge in [0, 0.05) is 16.8 Å². The molecule has 5 heteroatoms. The minimum atomic E-state index is -0.310. The molecule has 0 radical (unpaired) electrons. The molecule has 29 heavy (non-hydrogen) atoms. The Labute approximate surface area is 170 Å². The Kier molecular flexibility index (Phi) is 5.98. The number of benzene rings is 3. The number of aryl methyl sites for hydroxylation is 2. The van der Waals surface area contributed by atoms with Crippen LogP contribution in [0.2, 0.25) is 0 Å². The van der Waals surface area contributed by atoms with Gasteiger partial charge in [-0.15, -0.1) is 0 Å². The summed E-state index contributed by atoms with van der Waals surface area (Å²) >= 11 is 0. The fourth-order valence-corrected chi connectivity index (χ4v) is 3.00. The first-order chi connectivity index (χ1) is 13.9. The number of rotatable bonds is 5. The minimum Gasteiger partial charge on any atom is -0.495 e. The van der Waals surface area contributed by atoms with Crippen molar-refractivity contribution in [2.24, 2.45) is 0 Å². The summed E-state index contributed by atoms with van der Waals surface area (Å²) in [6.45, 7) is 5.90. The van der Waals surface area contributed by atoms with Gasteiger partial charge in [-0.3, -0.25) is 9.59 Å². The largest absolute Gasteiger partial charge is 0.495 e. The summed E-state index contributed by atoms with van der Waals surface area (Å²) in [5.74, 6) is 0.00421. The SMILES string of the molecule is COc1ccc(C)cc1NC(=O)c1cccc(C(=O)Nc2cccc(C)c2C)c1. The molecule has 0 saturated heterocycles. The number of amides is 2. The van der Waals surface area contributed by atoms with Crippen LogP contribution >= 0.6 is 0 Å². The lowest BCUT2D eigenvalue weighted by Gasteiger charge is -2.12. The van der Waals surface area contributed by atoms with E-state index < -0.39 is 0 Å². The van der Waals surface area contributed by atoms with Crippen LogP contribution in [-0.4, -0.2) is 18.9 Å². The molecule has 5 nitrogen and oxygen atoms in total. The molecule has 0 heterocycles. The van der Waals surface area contributed by atoms with E-state index in [1.54, 1.807) is 37.4 Å². The van der Waals surface area contributed by atoms with E-state index in [9.17, 15) is 9.59 Å². The molecule has 148 valence electrons. The number of hydrogen-bond donors (Lipinski definition) is 2. The van der Waals surface area contributed by atoms with E-state index in [2.05, 4.69) is 10.6 Å². The standard InChI is InChI=1S/C24H24N2O3/c1-15-11-12-22(29-4)21(13-15)26-24(28)19-9-6-8-18(14-19)23(27)25-20-10-5-7-16(2)17(20)3/h5-14H,1-4H3,(H,25,27)(H,26,28). The number of carbonyl (C=O) groups excluding carboxylic acids is 2. The van der Waals surface area contributed by atoms with Crippen LogP contribution in [-0.2, 0) is 0 Å². The monoisotopic (exact) mass is 388 g/mol. The summed E-state index contributed by atoms with van der Waals surface area (Å²) in [5, 5.41) is 5.77. The van der Waals surface area contributed by atoms with E-state index >= 15 is 0 Å². The third-order valence-corrected chi connectivity index (χ3v) is 4.84. The predicted octanol–water partition coefficient (Wildman–Crippen LogP) is 5.13. The third-order valence-electron chi connectivity index (χ3n) is 4.84. The first-order valence-electron chi connectivity index (χ1n) is 9.32. The van der Waals surface area contributed by atoms with Crippen LogP contribution in [0.5, 0.6) is 5.75 Å². The van der Waals surface area contributed by atoms with E-state index in [1.807, 2.05) is 51.1 Å². The maximum Gasteiger partial charge on any atom is 0.255 e. The van der Waals surface area contributed by atoms with E-state index in [-0.39, 0.29) is 11.8 Å². The Morgan fingerprint density at radius 1 is 0.759 bits per heavy atom. The van der Waals surface area contributed by atoms with Crippen molar-refractivity contribution in [2.75, 3.05) is 17.7 Å². The normalized spacial score (nSPS) is 10.3. The number of methoxy groups -OCH3 is 1. The van der Waals surface area contributed by atoms with Crippen molar-refractivity contribution in [1.29, 1.82) is 0 Å². The van der Waals surface area contributed by atoms with Crippen molar-refractivity contribution in [2.45, 2.75) is 20.8 Å². The first kappa shape index (κ1) is 20.1. The maximum atomic E-state index is 12.7. The second-order valence-electron chi connectivity index (χ2n) is 6.94. The number of nitrogens with one attached hydrogen (secondary N) is 2. The van der Waals surface area contributed by atoms with E-state index in [4.69, 9.17) is 4.74 Å². The molecule has 0 aliphatic heterocycles. The summed E-state index contributed by atoms with van der Waals surface area (Å²) in [7, 11) is 1.55. The Morgan fingerprint density at radius 3 is 2.03 bits per heavy atom. The highest BCUT2D eigenvalue weighted by molar-refractivity contribution is 6.09. The Hall–Kier alpha value is -3.60. The second-order valence-corrected chi connectivity index (χ2v) is 6.94. The summed E-state index contributed by atoms with van der Waals surface area (Å²) in [4.78, 5) is 25.4. The number of ether oxygens (including phenoxy) is 1. The van der Waals surface area contributed by atoms with Crippen LogP contribution in [0.3, 0.4) is 0 Å². The lowest BCUT2D eigenvalue weighted by molar-refractivity contribution is 0.102. The van der Waals surface area contributed by atoms with E-state index in [1.165, 1.54) is 0 Å². The molecule has 2 amide bonds. The Bertz CT molecular complexity index is 1070. The smallest absolute Gasteiger partial charge is 0.255 e. The Morgan fingerprint density at radius 2 is 1.38 bits per heavy atom. The predicted molar refractivity (Wildman–Crippen MR) is 116 cm³/mol. The fraction of sp³-hybridized carbons (Fsp3) is 0.167. The summed E-state index contributed by atoms with van der Waals surface area (Å²) in [6.07, 6.45) is 0. The molecule has 0 aliphatic carbocycles. The van der Waals surface area contributed by atoms with Crippen LogP contribution in [0.25, 0.3) is 0 Å². The van der Waals surface area contributed by atoms with Crippen molar-refractivity contribution in [3.05, 3.63) is 88.5 Å². The molecule has 3 aromatic rings. The zero-order valence-electron chi connectivity index (χ0n) is 17.0. The van der Waals surface area contributed by atoms with Crippen LogP contribution in [0.4, 0.5) is 11.4 Å². The molecule has 0 saturated carbocycles. The highest BCUT2D eigenvalue weighted by atomic mass is 16.5. The molecule has 0 aliphatic rings. The minimum absolute atomic E-state index is 0.263. The lowest BCUT2D eigenvalue weighted by atomic mass is 10.1. The van der Waals surface area contributed by atoms with Crippen LogP contribution in [0.15, 0.2) is 60.7 Å². The van der Waals surface area contributed by atoms with Gasteiger partial charge in [-0.05, 0) is 73.9 Å². The van der Waals surface area contributed by atoms with Crippen LogP contribution < -0.4 is 15.4 Å². The molecular formula is C24H24N2O3. The average molecular weight is 388 g/mol. The van der Waals surface area contributed by atoms with Crippen molar-refractivity contribution in [3.8, 4) is 5.75 Å². The van der Waals surface area contributed by atoms with Gasteiger partial charge in [0.1, 0.15) is 5.75 Å². The van der Waals surface area contributed by atoms with Crippen molar-refractivity contribution >= 4 is 23.2 Å². The van der Waals surface area contributed by atoms with E-state index in [0.717, 1.165) is 22.4 Å². The average Bonchev–Trinajstić information content (AvgIpc) is 2.71. The molecule has 0 spiro atoms. The fourth-order valence-electron chi connectivity index (χ4n) is 3.00. The van der Waals surface area contributed by atoms with Gasteiger partial charge in [-0.1, -0.05) is 24.3 Å². The molecule has 0 unspecified atom stereocenters. The highest BCUT2D eigenvalue weighted by Gasteiger charge is 2.14. The van der Waals surface area contributed by atoms with Gasteiger partial charge in [0.15, 0.2) is 0 Å². The van der Waals surface area contributed by atoms with Crippen LogP contribution in [0.1, 0.15) is 37.4 Å². The summed E-state index contributed by atoms with van der Waals surface area (Å²) in [6, 6.07) is 17.9. The third kappa shape index (κ3) is 4.63. The molecular weight excluding hydrogens is 364 g/mol. The van der Waals surface area contributed by atoms with Crippen molar-refractivity contribution < 1.29 is 14.3 Å². The van der Waals surface area contributed by atoms with Gasteiger partial charge in [0.05, 0.1) is 12.8 Å². The topological polar surface area (TPSA) is 67.4 Å².